The molecule has 0 saturated heterocycles. The quantitative estimate of drug-likeness (QED) is 0.773. The van der Waals surface area contributed by atoms with E-state index in [0.29, 0.717) is 11.5 Å². The van der Waals surface area contributed by atoms with Crippen molar-refractivity contribution < 1.29 is 0 Å². The van der Waals surface area contributed by atoms with Gasteiger partial charge in [-0.05, 0) is 37.2 Å². The second kappa shape index (κ2) is 2.83. The van der Waals surface area contributed by atoms with Gasteiger partial charge in [-0.3, -0.25) is 0 Å². The maximum absolute atomic E-state index is 6.35. The van der Waals surface area contributed by atoms with Gasteiger partial charge in [0.15, 0.2) is 0 Å². The number of benzene rings is 1. The summed E-state index contributed by atoms with van der Waals surface area (Å²) in [5.41, 5.74) is 8.19. The molecule has 1 heteroatoms. The Morgan fingerprint density at radius 3 is 2.29 bits per heavy atom. The van der Waals surface area contributed by atoms with E-state index < -0.39 is 0 Å². The third kappa shape index (κ3) is 1.19. The Morgan fingerprint density at radius 2 is 1.79 bits per heavy atom. The lowest BCUT2D eigenvalue weighted by Gasteiger charge is -2.23. The van der Waals surface area contributed by atoms with Gasteiger partial charge in [-0.2, -0.15) is 0 Å². The molecule has 0 radical (unpaired) electrons. The van der Waals surface area contributed by atoms with E-state index >= 15 is 0 Å². The summed E-state index contributed by atoms with van der Waals surface area (Å²) in [6, 6.07) is 11.3. The molecule has 2 aliphatic rings. The first-order chi connectivity index (χ1) is 6.83. The van der Waals surface area contributed by atoms with E-state index in [9.17, 15) is 0 Å². The topological polar surface area (TPSA) is 26.0 Å². The minimum absolute atomic E-state index is 0.364. The van der Waals surface area contributed by atoms with Gasteiger partial charge in [-0.25, -0.2) is 0 Å². The van der Waals surface area contributed by atoms with Gasteiger partial charge in [0.25, 0.3) is 0 Å². The zero-order chi connectivity index (χ0) is 9.60. The fourth-order valence-corrected chi connectivity index (χ4v) is 2.63. The molecule has 3 rings (SSSR count). The van der Waals surface area contributed by atoms with Gasteiger partial charge in [0.1, 0.15) is 0 Å². The summed E-state index contributed by atoms with van der Waals surface area (Å²) >= 11 is 0. The van der Waals surface area contributed by atoms with Gasteiger partial charge in [-0.15, -0.1) is 0 Å². The van der Waals surface area contributed by atoms with Crippen molar-refractivity contribution in [2.75, 3.05) is 0 Å². The Balaban J connectivity index is 1.89. The molecule has 1 atom stereocenters. The van der Waals surface area contributed by atoms with Gasteiger partial charge in [0.05, 0.1) is 0 Å². The average Bonchev–Trinajstić information content (AvgIpc) is 3.12. The van der Waals surface area contributed by atoms with Crippen molar-refractivity contribution in [2.24, 2.45) is 11.7 Å². The fraction of sp³-hybridized carbons (Fsp3) is 0.538. The number of nitrogens with two attached hydrogens (primary N) is 1. The Morgan fingerprint density at radius 1 is 1.14 bits per heavy atom. The molecule has 0 aromatic heterocycles. The molecule has 14 heavy (non-hydrogen) atoms. The van der Waals surface area contributed by atoms with E-state index in [1.54, 1.807) is 0 Å². The summed E-state index contributed by atoms with van der Waals surface area (Å²) in [5.74, 6) is 0.817. The van der Waals surface area contributed by atoms with Crippen LogP contribution < -0.4 is 5.73 Å². The molecule has 2 fully saturated rings. The molecular formula is C13H17N. The normalized spacial score (nSPS) is 25.8. The van der Waals surface area contributed by atoms with Crippen LogP contribution in [-0.2, 0) is 5.41 Å². The summed E-state index contributed by atoms with van der Waals surface area (Å²) in [7, 11) is 0. The fourth-order valence-electron chi connectivity index (χ4n) is 2.63. The lowest BCUT2D eigenvalue weighted by molar-refractivity contribution is 0.466. The Labute approximate surface area is 85.3 Å². The van der Waals surface area contributed by atoms with Crippen molar-refractivity contribution >= 4 is 0 Å². The van der Waals surface area contributed by atoms with Crippen LogP contribution in [0, 0.1) is 5.92 Å². The van der Waals surface area contributed by atoms with E-state index in [4.69, 9.17) is 5.73 Å². The standard InChI is InChI=1S/C13H17N/c14-12(10-6-7-10)13(8-9-13)11-4-2-1-3-5-11/h1-5,10,12H,6-9,14H2. The maximum atomic E-state index is 6.35. The van der Waals surface area contributed by atoms with Crippen LogP contribution in [0.4, 0.5) is 0 Å². The molecule has 1 nitrogen and oxygen atoms in total. The molecule has 0 heterocycles. The predicted molar refractivity (Wildman–Crippen MR) is 58.1 cm³/mol. The van der Waals surface area contributed by atoms with Crippen molar-refractivity contribution in [3.63, 3.8) is 0 Å². The van der Waals surface area contributed by atoms with Gasteiger partial charge >= 0.3 is 0 Å². The first kappa shape index (κ1) is 8.49. The molecule has 0 aliphatic heterocycles. The van der Waals surface area contributed by atoms with Gasteiger partial charge in [0, 0.05) is 11.5 Å². The zero-order valence-electron chi connectivity index (χ0n) is 8.45. The van der Waals surface area contributed by atoms with Crippen molar-refractivity contribution in [3.8, 4) is 0 Å². The second-order valence-electron chi connectivity index (χ2n) is 4.89. The molecule has 2 saturated carbocycles. The SMILES string of the molecule is NC(C1CC1)C1(c2ccccc2)CC1. The van der Waals surface area contributed by atoms with E-state index in [0.717, 1.165) is 5.92 Å². The number of hydrogen-bond donors (Lipinski definition) is 1. The van der Waals surface area contributed by atoms with Crippen molar-refractivity contribution in [3.05, 3.63) is 35.9 Å². The van der Waals surface area contributed by atoms with Crippen LogP contribution in [0.25, 0.3) is 0 Å². The van der Waals surface area contributed by atoms with Crippen molar-refractivity contribution in [2.45, 2.75) is 37.1 Å². The molecule has 0 spiro atoms. The number of rotatable bonds is 3. The summed E-state index contributed by atoms with van der Waals surface area (Å²) in [6.45, 7) is 0. The largest absolute Gasteiger partial charge is 0.327 e. The average molecular weight is 187 g/mol. The van der Waals surface area contributed by atoms with E-state index in [-0.39, 0.29) is 0 Å². The molecule has 0 amide bonds. The third-order valence-electron chi connectivity index (χ3n) is 3.91. The van der Waals surface area contributed by atoms with Crippen LogP contribution in [0.5, 0.6) is 0 Å². The Bertz CT molecular complexity index is 322. The first-order valence-corrected chi connectivity index (χ1v) is 5.64. The monoisotopic (exact) mass is 187 g/mol. The van der Waals surface area contributed by atoms with Gasteiger partial charge in [-0.1, -0.05) is 30.3 Å². The highest BCUT2D eigenvalue weighted by Crippen LogP contribution is 2.55. The van der Waals surface area contributed by atoms with E-state index in [2.05, 4.69) is 30.3 Å². The summed E-state index contributed by atoms with van der Waals surface area (Å²) in [5, 5.41) is 0. The molecule has 2 aliphatic carbocycles. The number of hydrogen-bond acceptors (Lipinski definition) is 1. The first-order valence-electron chi connectivity index (χ1n) is 5.64. The van der Waals surface area contributed by atoms with Crippen molar-refractivity contribution in [1.82, 2.24) is 0 Å². The predicted octanol–water partition coefficient (Wildman–Crippen LogP) is 2.46. The smallest absolute Gasteiger partial charge is 0.0165 e. The van der Waals surface area contributed by atoms with Crippen LogP contribution in [0.1, 0.15) is 31.2 Å². The van der Waals surface area contributed by atoms with Crippen LogP contribution in [0.3, 0.4) is 0 Å². The molecule has 1 aromatic carbocycles. The molecule has 1 aromatic rings. The minimum Gasteiger partial charge on any atom is -0.327 e. The van der Waals surface area contributed by atoms with E-state index in [1.165, 1.54) is 31.2 Å². The summed E-state index contributed by atoms with van der Waals surface area (Å²) in [4.78, 5) is 0. The molecule has 74 valence electrons. The summed E-state index contributed by atoms with van der Waals surface area (Å²) < 4.78 is 0. The Kier molecular flexibility index (Phi) is 1.72. The van der Waals surface area contributed by atoms with Crippen LogP contribution in [0.2, 0.25) is 0 Å². The highest BCUT2D eigenvalue weighted by Gasteiger charge is 2.53. The summed E-state index contributed by atoms with van der Waals surface area (Å²) in [6.07, 6.45) is 5.31. The lowest BCUT2D eigenvalue weighted by atomic mass is 9.86. The molecule has 1 unspecified atom stereocenters. The highest BCUT2D eigenvalue weighted by molar-refractivity contribution is 5.34. The second-order valence-corrected chi connectivity index (χ2v) is 4.89. The molecule has 0 bridgehead atoms. The zero-order valence-corrected chi connectivity index (χ0v) is 8.45. The van der Waals surface area contributed by atoms with Gasteiger partial charge in [0.2, 0.25) is 0 Å². The molecule has 2 N–H and O–H groups in total. The maximum Gasteiger partial charge on any atom is 0.0165 e. The van der Waals surface area contributed by atoms with Gasteiger partial charge < -0.3 is 5.73 Å². The van der Waals surface area contributed by atoms with Crippen molar-refractivity contribution in [1.29, 1.82) is 0 Å². The van der Waals surface area contributed by atoms with E-state index in [1.807, 2.05) is 0 Å². The van der Waals surface area contributed by atoms with Crippen LogP contribution in [-0.4, -0.2) is 6.04 Å². The van der Waals surface area contributed by atoms with Crippen LogP contribution >= 0.6 is 0 Å². The highest BCUT2D eigenvalue weighted by atomic mass is 14.8. The third-order valence-corrected chi connectivity index (χ3v) is 3.91. The molecular weight excluding hydrogens is 170 g/mol. The minimum atomic E-state index is 0.364. The lowest BCUT2D eigenvalue weighted by Crippen LogP contribution is -2.36. The van der Waals surface area contributed by atoms with Crippen LogP contribution in [0.15, 0.2) is 30.3 Å². The Hall–Kier alpha value is -0.820.